The van der Waals surface area contributed by atoms with Gasteiger partial charge in [-0.25, -0.2) is 0 Å². The number of nitro groups is 1. The lowest BCUT2D eigenvalue weighted by atomic mass is 9.92. The van der Waals surface area contributed by atoms with Crippen molar-refractivity contribution in [3.05, 3.63) is 33.9 Å². The van der Waals surface area contributed by atoms with E-state index in [9.17, 15) is 20.0 Å². The zero-order valence-corrected chi connectivity index (χ0v) is 12.1. The number of nitrogens with zero attached hydrogens (tertiary/aromatic N) is 2. The number of likely N-dealkylation sites (tertiary alicyclic amines) is 1. The summed E-state index contributed by atoms with van der Waals surface area (Å²) in [4.78, 5) is 24.2. The third-order valence-electron chi connectivity index (χ3n) is 4.04. The van der Waals surface area contributed by atoms with E-state index in [0.29, 0.717) is 19.0 Å². The fraction of sp³-hybridized carbons (Fsp3) is 0.533. The molecule has 1 saturated heterocycles. The van der Waals surface area contributed by atoms with Gasteiger partial charge in [0.05, 0.1) is 10.5 Å². The topological polar surface area (TPSA) is 83.7 Å². The zero-order chi connectivity index (χ0) is 15.4. The van der Waals surface area contributed by atoms with Gasteiger partial charge in [-0.05, 0) is 24.8 Å². The molecule has 1 aromatic rings. The molecule has 1 aliphatic heterocycles. The number of carbonyl (C=O) groups is 1. The van der Waals surface area contributed by atoms with Crippen molar-refractivity contribution >= 4 is 11.6 Å². The number of phenols is 1. The van der Waals surface area contributed by atoms with Crippen molar-refractivity contribution in [2.45, 2.75) is 32.6 Å². The molecule has 6 heteroatoms. The maximum Gasteiger partial charge on any atom is 0.311 e. The van der Waals surface area contributed by atoms with Crippen molar-refractivity contribution in [2.75, 3.05) is 13.1 Å². The minimum absolute atomic E-state index is 0.0122. The number of rotatable bonds is 4. The number of hydrogen-bond acceptors (Lipinski definition) is 4. The summed E-state index contributed by atoms with van der Waals surface area (Å²) in [5.74, 6) is -0.216. The number of carbonyl (C=O) groups excluding carboxylic acids is 1. The molecule has 0 bridgehead atoms. The van der Waals surface area contributed by atoms with Gasteiger partial charge in [0.2, 0.25) is 5.75 Å². The molecule has 1 aromatic carbocycles. The van der Waals surface area contributed by atoms with Crippen LogP contribution in [-0.4, -0.2) is 33.9 Å². The average Bonchev–Trinajstić information content (AvgIpc) is 2.47. The van der Waals surface area contributed by atoms with E-state index in [4.69, 9.17) is 0 Å². The molecule has 0 aliphatic carbocycles. The molecule has 21 heavy (non-hydrogen) atoms. The van der Waals surface area contributed by atoms with Crippen molar-refractivity contribution in [3.8, 4) is 5.75 Å². The third-order valence-corrected chi connectivity index (χ3v) is 4.04. The summed E-state index contributed by atoms with van der Waals surface area (Å²) in [6, 6.07) is 4.05. The second-order valence-corrected chi connectivity index (χ2v) is 5.45. The molecule has 0 aromatic heterocycles. The Labute approximate surface area is 123 Å². The molecule has 0 atom stereocenters. The van der Waals surface area contributed by atoms with Crippen LogP contribution in [0.5, 0.6) is 5.75 Å². The highest BCUT2D eigenvalue weighted by molar-refractivity contribution is 5.98. The van der Waals surface area contributed by atoms with Gasteiger partial charge in [0.1, 0.15) is 0 Å². The van der Waals surface area contributed by atoms with Crippen LogP contribution in [0.4, 0.5) is 5.69 Å². The molecule has 0 spiro atoms. The molecule has 6 nitrogen and oxygen atoms in total. The number of benzene rings is 1. The molecule has 1 amide bonds. The van der Waals surface area contributed by atoms with Crippen LogP contribution in [0.15, 0.2) is 18.2 Å². The number of aromatic hydroxyl groups is 1. The smallest absolute Gasteiger partial charge is 0.311 e. The molecule has 1 aliphatic rings. The first kappa shape index (κ1) is 15.3. The minimum Gasteiger partial charge on any atom is -0.502 e. The van der Waals surface area contributed by atoms with E-state index in [1.54, 1.807) is 4.90 Å². The molecule has 1 N–H and O–H groups in total. The Bertz CT molecular complexity index is 536. The number of phenolic OH excluding ortho intramolecular Hbond substituents is 1. The van der Waals surface area contributed by atoms with Gasteiger partial charge < -0.3 is 10.0 Å². The molecule has 0 radical (unpaired) electrons. The number of nitro benzene ring substituents is 1. The lowest BCUT2D eigenvalue weighted by molar-refractivity contribution is -0.385. The van der Waals surface area contributed by atoms with Gasteiger partial charge in [0.15, 0.2) is 0 Å². The second-order valence-electron chi connectivity index (χ2n) is 5.45. The molecular formula is C15H20N2O4. The Morgan fingerprint density at radius 1 is 1.43 bits per heavy atom. The summed E-state index contributed by atoms with van der Waals surface area (Å²) < 4.78 is 0. The van der Waals surface area contributed by atoms with Crippen LogP contribution in [0.1, 0.15) is 43.0 Å². The molecule has 0 unspecified atom stereocenters. The maximum atomic E-state index is 12.4. The van der Waals surface area contributed by atoms with Crippen molar-refractivity contribution < 1.29 is 14.8 Å². The van der Waals surface area contributed by atoms with E-state index in [1.165, 1.54) is 24.6 Å². The Morgan fingerprint density at radius 3 is 2.67 bits per heavy atom. The van der Waals surface area contributed by atoms with Crippen molar-refractivity contribution in [2.24, 2.45) is 5.92 Å². The molecule has 114 valence electrons. The summed E-state index contributed by atoms with van der Waals surface area (Å²) in [5, 5.41) is 20.7. The van der Waals surface area contributed by atoms with Crippen LogP contribution in [0, 0.1) is 16.0 Å². The van der Waals surface area contributed by atoms with Gasteiger partial charge in [-0.1, -0.05) is 25.8 Å². The number of hydrogen-bond donors (Lipinski definition) is 1. The lowest BCUT2D eigenvalue weighted by Gasteiger charge is -2.32. The molecule has 1 fully saturated rings. The predicted molar refractivity (Wildman–Crippen MR) is 78.3 cm³/mol. The van der Waals surface area contributed by atoms with Crippen molar-refractivity contribution in [3.63, 3.8) is 0 Å². The van der Waals surface area contributed by atoms with E-state index in [-0.39, 0.29) is 11.5 Å². The highest BCUT2D eigenvalue weighted by Crippen LogP contribution is 2.31. The first-order valence-corrected chi connectivity index (χ1v) is 7.30. The zero-order valence-electron chi connectivity index (χ0n) is 12.1. The monoisotopic (exact) mass is 292 g/mol. The quantitative estimate of drug-likeness (QED) is 0.683. The van der Waals surface area contributed by atoms with Crippen LogP contribution in [0.3, 0.4) is 0 Å². The van der Waals surface area contributed by atoms with Crippen LogP contribution in [0.25, 0.3) is 0 Å². The Balaban J connectivity index is 2.11. The van der Waals surface area contributed by atoms with E-state index in [1.807, 2.05) is 0 Å². The van der Waals surface area contributed by atoms with Crippen LogP contribution in [0.2, 0.25) is 0 Å². The molecule has 0 saturated carbocycles. The second kappa shape index (κ2) is 6.56. The first-order valence-electron chi connectivity index (χ1n) is 7.30. The minimum atomic E-state index is -0.681. The number of piperidine rings is 1. The van der Waals surface area contributed by atoms with Crippen molar-refractivity contribution in [1.29, 1.82) is 0 Å². The van der Waals surface area contributed by atoms with Gasteiger partial charge in [0.25, 0.3) is 5.91 Å². The van der Waals surface area contributed by atoms with Gasteiger partial charge in [-0.3, -0.25) is 14.9 Å². The number of para-hydroxylation sites is 1. The van der Waals surface area contributed by atoms with Gasteiger partial charge in [-0.2, -0.15) is 0 Å². The van der Waals surface area contributed by atoms with E-state index in [0.717, 1.165) is 19.3 Å². The first-order chi connectivity index (χ1) is 10.0. The van der Waals surface area contributed by atoms with Crippen LogP contribution in [-0.2, 0) is 0 Å². The van der Waals surface area contributed by atoms with Crippen molar-refractivity contribution in [1.82, 2.24) is 4.90 Å². The van der Waals surface area contributed by atoms with Crippen LogP contribution >= 0.6 is 0 Å². The largest absolute Gasteiger partial charge is 0.502 e. The molecule has 1 heterocycles. The Morgan fingerprint density at radius 2 is 2.10 bits per heavy atom. The fourth-order valence-corrected chi connectivity index (χ4v) is 2.85. The maximum absolute atomic E-state index is 12.4. The lowest BCUT2D eigenvalue weighted by Crippen LogP contribution is -2.38. The summed E-state index contributed by atoms with van der Waals surface area (Å²) in [7, 11) is 0. The van der Waals surface area contributed by atoms with Gasteiger partial charge >= 0.3 is 5.69 Å². The SMILES string of the molecule is CCCC1CCN(C(=O)c2cccc([N+](=O)[O-])c2O)CC1. The standard InChI is InChI=1S/C15H20N2O4/c1-2-4-11-7-9-16(10-8-11)15(19)12-5-3-6-13(14(12)18)17(20)21/h3,5-6,11,18H,2,4,7-10H2,1H3. The van der Waals surface area contributed by atoms with Gasteiger partial charge in [0, 0.05) is 19.2 Å². The summed E-state index contributed by atoms with van der Waals surface area (Å²) in [6.45, 7) is 3.44. The molecular weight excluding hydrogens is 272 g/mol. The summed E-state index contributed by atoms with van der Waals surface area (Å²) in [5.41, 5.74) is -0.417. The van der Waals surface area contributed by atoms with Crippen LogP contribution < -0.4 is 0 Å². The summed E-state index contributed by atoms with van der Waals surface area (Å²) >= 11 is 0. The summed E-state index contributed by atoms with van der Waals surface area (Å²) in [6.07, 6.45) is 4.22. The average molecular weight is 292 g/mol. The fourth-order valence-electron chi connectivity index (χ4n) is 2.85. The Kier molecular flexibility index (Phi) is 4.77. The van der Waals surface area contributed by atoms with E-state index in [2.05, 4.69) is 6.92 Å². The molecule has 2 rings (SSSR count). The normalized spacial score (nSPS) is 16.0. The van der Waals surface area contributed by atoms with E-state index < -0.39 is 16.4 Å². The number of amides is 1. The highest BCUT2D eigenvalue weighted by atomic mass is 16.6. The third kappa shape index (κ3) is 3.32. The highest BCUT2D eigenvalue weighted by Gasteiger charge is 2.27. The Hall–Kier alpha value is -2.11. The predicted octanol–water partition coefficient (Wildman–Crippen LogP) is 2.95. The van der Waals surface area contributed by atoms with Gasteiger partial charge in [-0.15, -0.1) is 0 Å². The van der Waals surface area contributed by atoms with E-state index >= 15 is 0 Å².